The minimum Gasteiger partial charge on any atom is -0.475 e. The van der Waals surface area contributed by atoms with Crippen molar-refractivity contribution >= 4 is 34.5 Å². The molecule has 2 aromatic heterocycles. The molecule has 0 bridgehead atoms. The van der Waals surface area contributed by atoms with E-state index < -0.39 is 23.9 Å². The lowest BCUT2D eigenvalue weighted by Gasteiger charge is -2.40. The first kappa shape index (κ1) is 39.3. The van der Waals surface area contributed by atoms with Gasteiger partial charge >= 0.3 is 18.3 Å². The standard InChI is InChI=1S/C24H28F3N7.C9H18N2.C2HF3O2/c1-29-21-16-9-10-18(30-22(16)32-23(28)31-21)20-17(24(25,26)27)7-4-8-19(20)34-13-11-33(12-14-34)15-5-2-3-6-15;1-2-4-9(3-1)11-7-5-10-6-8-11;3-2(4,5)1(6)7/h4,7-10,15H,2-3,5-6,11-14H2,1H3,(H3,28,29,30,31,32);9-10H,1-8H2;(H,6,7). The molecule has 7 rings (SSSR count). The summed E-state index contributed by atoms with van der Waals surface area (Å²) < 4.78 is 74.1. The number of anilines is 3. The summed E-state index contributed by atoms with van der Waals surface area (Å²) in [4.78, 5) is 28.9. The number of rotatable bonds is 5. The van der Waals surface area contributed by atoms with Gasteiger partial charge in [-0.15, -0.1) is 0 Å². The Kier molecular flexibility index (Phi) is 13.0. The summed E-state index contributed by atoms with van der Waals surface area (Å²) in [6, 6.07) is 9.20. The number of benzene rings is 1. The number of nitrogens with one attached hydrogen (secondary N) is 2. The van der Waals surface area contributed by atoms with Gasteiger partial charge in [0.1, 0.15) is 5.82 Å². The van der Waals surface area contributed by atoms with Crippen molar-refractivity contribution in [3.8, 4) is 11.3 Å². The van der Waals surface area contributed by atoms with E-state index in [1.165, 1.54) is 83.6 Å². The second-order valence-electron chi connectivity index (χ2n) is 13.4. The Bertz CT molecular complexity index is 1630. The van der Waals surface area contributed by atoms with Crippen LogP contribution in [-0.2, 0) is 11.0 Å². The van der Waals surface area contributed by atoms with Crippen LogP contribution < -0.4 is 21.3 Å². The Morgan fingerprint density at radius 3 is 1.90 bits per heavy atom. The van der Waals surface area contributed by atoms with Crippen molar-refractivity contribution in [3.63, 3.8) is 0 Å². The van der Waals surface area contributed by atoms with Crippen LogP contribution in [0, 0.1) is 0 Å². The zero-order valence-electron chi connectivity index (χ0n) is 29.2. The van der Waals surface area contributed by atoms with Crippen molar-refractivity contribution in [3.05, 3.63) is 35.9 Å². The lowest BCUT2D eigenvalue weighted by Crippen LogP contribution is -2.49. The number of carboxylic acids is 1. The largest absolute Gasteiger partial charge is 0.490 e. The number of nitrogens with two attached hydrogens (primary N) is 1. The van der Waals surface area contributed by atoms with Crippen LogP contribution in [0.3, 0.4) is 0 Å². The second-order valence-corrected chi connectivity index (χ2v) is 13.4. The van der Waals surface area contributed by atoms with Gasteiger partial charge in [-0.1, -0.05) is 31.7 Å². The maximum absolute atomic E-state index is 14.1. The van der Waals surface area contributed by atoms with Crippen molar-refractivity contribution in [1.82, 2.24) is 30.1 Å². The number of piperazine rings is 2. The Morgan fingerprint density at radius 1 is 0.827 bits per heavy atom. The number of carbonyl (C=O) groups is 1. The minimum absolute atomic E-state index is 0.00821. The highest BCUT2D eigenvalue weighted by atomic mass is 19.4. The molecule has 2 saturated heterocycles. The lowest BCUT2D eigenvalue weighted by atomic mass is 9.99. The molecule has 0 spiro atoms. The van der Waals surface area contributed by atoms with Crippen LogP contribution >= 0.6 is 0 Å². The Labute approximate surface area is 299 Å². The highest BCUT2D eigenvalue weighted by Crippen LogP contribution is 2.43. The number of alkyl halides is 6. The van der Waals surface area contributed by atoms with Gasteiger partial charge in [0.2, 0.25) is 5.95 Å². The number of hydrogen-bond acceptors (Lipinski definition) is 10. The summed E-state index contributed by atoms with van der Waals surface area (Å²) in [5.41, 5.74) is 6.19. The van der Waals surface area contributed by atoms with E-state index in [2.05, 4.69) is 40.3 Å². The smallest absolute Gasteiger partial charge is 0.475 e. The summed E-state index contributed by atoms with van der Waals surface area (Å²) in [6.45, 7) is 8.03. The maximum Gasteiger partial charge on any atom is 0.490 e. The van der Waals surface area contributed by atoms with E-state index in [1.807, 2.05) is 0 Å². The van der Waals surface area contributed by atoms with Gasteiger partial charge in [0.15, 0.2) is 5.65 Å². The third-order valence-corrected chi connectivity index (χ3v) is 10.1. The van der Waals surface area contributed by atoms with Crippen molar-refractivity contribution < 1.29 is 36.2 Å². The molecule has 2 saturated carbocycles. The quantitative estimate of drug-likeness (QED) is 0.234. The first-order chi connectivity index (χ1) is 24.8. The van der Waals surface area contributed by atoms with Crippen LogP contribution in [0.15, 0.2) is 30.3 Å². The second kappa shape index (κ2) is 17.2. The number of pyridine rings is 1. The lowest BCUT2D eigenvalue weighted by molar-refractivity contribution is -0.192. The fourth-order valence-electron chi connectivity index (χ4n) is 7.58. The van der Waals surface area contributed by atoms with E-state index in [1.54, 1.807) is 25.2 Å². The molecule has 4 heterocycles. The van der Waals surface area contributed by atoms with Crippen LogP contribution in [0.2, 0.25) is 0 Å². The van der Waals surface area contributed by atoms with Crippen molar-refractivity contribution in [2.75, 3.05) is 75.4 Å². The molecule has 0 amide bonds. The zero-order chi connectivity index (χ0) is 37.5. The van der Waals surface area contributed by atoms with E-state index in [0.717, 1.165) is 25.2 Å². The monoisotopic (exact) mass is 739 g/mol. The van der Waals surface area contributed by atoms with Crippen LogP contribution in [0.4, 0.5) is 43.8 Å². The molecule has 5 N–H and O–H groups in total. The van der Waals surface area contributed by atoms with E-state index in [9.17, 15) is 26.3 Å². The maximum atomic E-state index is 14.1. The molecule has 2 aliphatic carbocycles. The number of aliphatic carboxylic acids is 1. The average molecular weight is 740 g/mol. The number of fused-ring (bicyclic) bond motifs is 1. The summed E-state index contributed by atoms with van der Waals surface area (Å²) >= 11 is 0. The van der Waals surface area contributed by atoms with Gasteiger partial charge in [-0.2, -0.15) is 36.3 Å². The molecule has 0 radical (unpaired) electrons. The number of halogens is 6. The fourth-order valence-corrected chi connectivity index (χ4v) is 7.58. The molecule has 1 aromatic carbocycles. The van der Waals surface area contributed by atoms with E-state index in [0.29, 0.717) is 36.0 Å². The third kappa shape index (κ3) is 9.92. The van der Waals surface area contributed by atoms with Gasteiger partial charge in [0.25, 0.3) is 0 Å². The molecule has 286 valence electrons. The van der Waals surface area contributed by atoms with Crippen LogP contribution in [0.25, 0.3) is 22.3 Å². The normalized spacial score (nSPS) is 19.6. The molecule has 0 unspecified atom stereocenters. The van der Waals surface area contributed by atoms with Gasteiger partial charge < -0.3 is 26.4 Å². The summed E-state index contributed by atoms with van der Waals surface area (Å²) in [6.07, 6.45) is 1.21. The van der Waals surface area contributed by atoms with Gasteiger partial charge in [-0.05, 0) is 49.9 Å². The summed E-state index contributed by atoms with van der Waals surface area (Å²) in [5.74, 6) is -2.27. The number of nitrogen functional groups attached to an aromatic ring is 1. The Morgan fingerprint density at radius 2 is 1.38 bits per heavy atom. The van der Waals surface area contributed by atoms with Crippen LogP contribution in [0.5, 0.6) is 0 Å². The van der Waals surface area contributed by atoms with Crippen molar-refractivity contribution in [2.45, 2.75) is 75.8 Å². The first-order valence-corrected chi connectivity index (χ1v) is 17.8. The van der Waals surface area contributed by atoms with Crippen molar-refractivity contribution in [2.24, 2.45) is 0 Å². The third-order valence-electron chi connectivity index (χ3n) is 10.1. The number of hydrogen-bond donors (Lipinski definition) is 4. The summed E-state index contributed by atoms with van der Waals surface area (Å²) in [5, 5.41) is 14.0. The Balaban J connectivity index is 0.000000237. The molecule has 4 fully saturated rings. The molecule has 0 atom stereocenters. The van der Waals surface area contributed by atoms with E-state index in [-0.39, 0.29) is 22.9 Å². The minimum atomic E-state index is -5.08. The molecule has 4 aliphatic rings. The fraction of sp³-hybridized carbons (Fsp3) is 0.600. The highest BCUT2D eigenvalue weighted by molar-refractivity contribution is 5.91. The zero-order valence-corrected chi connectivity index (χ0v) is 29.2. The van der Waals surface area contributed by atoms with Crippen LogP contribution in [-0.4, -0.2) is 113 Å². The van der Waals surface area contributed by atoms with Gasteiger partial charge in [-0.3, -0.25) is 9.80 Å². The Hall–Kier alpha value is -3.96. The van der Waals surface area contributed by atoms with Gasteiger partial charge in [0.05, 0.1) is 16.6 Å². The predicted octanol–water partition coefficient (Wildman–Crippen LogP) is 5.87. The number of nitrogens with zero attached hydrogens (tertiary/aromatic N) is 6. The molecule has 3 aromatic rings. The molecule has 2 aliphatic heterocycles. The SMILES string of the molecule is C1CCC(N2CCNCC2)C1.CNc1nc(N)nc2nc(-c3c(N4CCN(C5CCCC5)CC4)cccc3C(F)(F)F)ccc12.O=C(O)C(F)(F)F. The molecule has 17 heteroatoms. The molecule has 11 nitrogen and oxygen atoms in total. The van der Waals surface area contributed by atoms with Gasteiger partial charge in [-0.25, -0.2) is 9.78 Å². The average Bonchev–Trinajstić information content (AvgIpc) is 3.87. The van der Waals surface area contributed by atoms with Gasteiger partial charge in [0, 0.05) is 82.7 Å². The predicted molar refractivity (Wildman–Crippen MR) is 188 cm³/mol. The van der Waals surface area contributed by atoms with Crippen LogP contribution in [0.1, 0.15) is 56.9 Å². The topological polar surface area (TPSA) is 136 Å². The molecular formula is C35H47F6N9O2. The molecule has 52 heavy (non-hydrogen) atoms. The molecular weight excluding hydrogens is 692 g/mol. The highest BCUT2D eigenvalue weighted by Gasteiger charge is 2.38. The van der Waals surface area contributed by atoms with E-state index in [4.69, 9.17) is 15.6 Å². The number of aromatic nitrogens is 3. The van der Waals surface area contributed by atoms with Crippen molar-refractivity contribution in [1.29, 1.82) is 0 Å². The first-order valence-electron chi connectivity index (χ1n) is 17.8. The van der Waals surface area contributed by atoms with E-state index >= 15 is 0 Å². The summed E-state index contributed by atoms with van der Waals surface area (Å²) in [7, 11) is 1.69. The number of carboxylic acid groups (broad SMARTS) is 1.